The molecular weight excluding hydrogens is 442 g/mol. The number of carbonyl (C=O) groups is 1. The first kappa shape index (κ1) is 23.9. The van der Waals surface area contributed by atoms with Crippen LogP contribution in [-0.2, 0) is 29.6 Å². The van der Waals surface area contributed by atoms with Gasteiger partial charge in [-0.3, -0.25) is 4.79 Å². The van der Waals surface area contributed by atoms with Gasteiger partial charge in [0, 0.05) is 38.8 Å². The number of piperidine rings is 1. The second kappa shape index (κ2) is 10.2. The number of benzene rings is 1. The molecule has 2 aliphatic heterocycles. The summed E-state index contributed by atoms with van der Waals surface area (Å²) >= 11 is 0. The number of amides is 1. The topological polar surface area (TPSA) is 113 Å². The SMILES string of the molecule is CS(=O)(=O)N1CCC(CNC(=O)/C=C/c2ccc(S(=O)(=O)N3CCOCC3)cc2)CC1. The van der Waals surface area contributed by atoms with Gasteiger partial charge in [0.05, 0.1) is 24.4 Å². The molecule has 0 bridgehead atoms. The van der Waals surface area contributed by atoms with E-state index in [1.54, 1.807) is 18.2 Å². The van der Waals surface area contributed by atoms with Crippen molar-refractivity contribution < 1.29 is 26.4 Å². The first-order chi connectivity index (χ1) is 14.7. The maximum absolute atomic E-state index is 12.6. The van der Waals surface area contributed by atoms with Gasteiger partial charge in [-0.1, -0.05) is 12.1 Å². The minimum Gasteiger partial charge on any atom is -0.379 e. The predicted molar refractivity (Wildman–Crippen MR) is 117 cm³/mol. The molecule has 1 aromatic carbocycles. The van der Waals surface area contributed by atoms with E-state index in [1.165, 1.54) is 33.1 Å². The van der Waals surface area contributed by atoms with E-state index in [0.29, 0.717) is 45.9 Å². The van der Waals surface area contributed by atoms with Crippen LogP contribution in [0, 0.1) is 5.92 Å². The van der Waals surface area contributed by atoms with Crippen LogP contribution in [0.15, 0.2) is 35.2 Å². The lowest BCUT2D eigenvalue weighted by Crippen LogP contribution is -2.40. The van der Waals surface area contributed by atoms with Crippen LogP contribution in [0.1, 0.15) is 18.4 Å². The van der Waals surface area contributed by atoms with Gasteiger partial charge >= 0.3 is 0 Å². The highest BCUT2D eigenvalue weighted by atomic mass is 32.2. The van der Waals surface area contributed by atoms with E-state index >= 15 is 0 Å². The van der Waals surface area contributed by atoms with Crippen molar-refractivity contribution in [1.82, 2.24) is 13.9 Å². The highest BCUT2D eigenvalue weighted by molar-refractivity contribution is 7.89. The maximum atomic E-state index is 12.6. The van der Waals surface area contributed by atoms with Crippen LogP contribution < -0.4 is 5.32 Å². The third-order valence-corrected chi connectivity index (χ3v) is 8.74. The zero-order valence-corrected chi connectivity index (χ0v) is 19.2. The Labute approximate surface area is 184 Å². The van der Waals surface area contributed by atoms with Crippen molar-refractivity contribution >= 4 is 32.0 Å². The van der Waals surface area contributed by atoms with Gasteiger partial charge in [0.2, 0.25) is 26.0 Å². The van der Waals surface area contributed by atoms with Crippen LogP contribution in [0.25, 0.3) is 6.08 Å². The summed E-state index contributed by atoms with van der Waals surface area (Å²) < 4.78 is 56.4. The van der Waals surface area contributed by atoms with Crippen molar-refractivity contribution in [3.05, 3.63) is 35.9 Å². The molecule has 0 radical (unpaired) electrons. The smallest absolute Gasteiger partial charge is 0.244 e. The van der Waals surface area contributed by atoms with Crippen LogP contribution in [0.3, 0.4) is 0 Å². The van der Waals surface area contributed by atoms with Crippen molar-refractivity contribution in [2.45, 2.75) is 17.7 Å². The Hall–Kier alpha value is -1.79. The molecule has 172 valence electrons. The molecule has 2 saturated heterocycles. The van der Waals surface area contributed by atoms with E-state index in [2.05, 4.69) is 5.32 Å². The number of nitrogens with one attached hydrogen (secondary N) is 1. The van der Waals surface area contributed by atoms with Crippen molar-refractivity contribution in [2.75, 3.05) is 52.2 Å². The van der Waals surface area contributed by atoms with Crippen molar-refractivity contribution in [1.29, 1.82) is 0 Å². The van der Waals surface area contributed by atoms with E-state index in [0.717, 1.165) is 18.4 Å². The fourth-order valence-electron chi connectivity index (χ4n) is 3.61. The first-order valence-corrected chi connectivity index (χ1v) is 13.5. The Morgan fingerprint density at radius 1 is 1.03 bits per heavy atom. The second-order valence-electron chi connectivity index (χ2n) is 7.77. The van der Waals surface area contributed by atoms with Gasteiger partial charge in [-0.05, 0) is 42.5 Å². The summed E-state index contributed by atoms with van der Waals surface area (Å²) in [5, 5.41) is 2.85. The molecule has 11 heteroatoms. The Kier molecular flexibility index (Phi) is 7.87. The van der Waals surface area contributed by atoms with Crippen LogP contribution >= 0.6 is 0 Å². The lowest BCUT2D eigenvalue weighted by Gasteiger charge is -2.30. The van der Waals surface area contributed by atoms with Gasteiger partial charge in [-0.25, -0.2) is 21.1 Å². The standard InChI is InChI=1S/C20H29N3O6S2/c1-30(25,26)22-10-8-18(9-11-22)16-21-20(24)7-4-17-2-5-19(6-3-17)31(27,28)23-12-14-29-15-13-23/h2-7,18H,8-16H2,1H3,(H,21,24)/b7-4+. The molecule has 0 aromatic heterocycles. The molecule has 1 amide bonds. The van der Waals surface area contributed by atoms with Crippen molar-refractivity contribution in [3.63, 3.8) is 0 Å². The van der Waals surface area contributed by atoms with E-state index < -0.39 is 20.0 Å². The molecule has 0 aliphatic carbocycles. The van der Waals surface area contributed by atoms with Crippen LogP contribution in [0.4, 0.5) is 0 Å². The Bertz CT molecular complexity index is 992. The summed E-state index contributed by atoms with van der Waals surface area (Å²) in [7, 11) is -6.69. The molecule has 2 heterocycles. The number of nitrogens with zero attached hydrogens (tertiary/aromatic N) is 2. The summed E-state index contributed by atoms with van der Waals surface area (Å²) in [6.45, 7) is 2.94. The van der Waals surface area contributed by atoms with Gasteiger partial charge in [-0.2, -0.15) is 4.31 Å². The third kappa shape index (κ3) is 6.59. The van der Waals surface area contributed by atoms with Gasteiger partial charge in [-0.15, -0.1) is 0 Å². The van der Waals surface area contributed by atoms with Crippen LogP contribution in [-0.4, -0.2) is 83.5 Å². The zero-order chi connectivity index (χ0) is 22.5. The Balaban J connectivity index is 1.47. The van der Waals surface area contributed by atoms with Gasteiger partial charge in [0.25, 0.3) is 0 Å². The number of sulfonamides is 2. The predicted octanol–water partition coefficient (Wildman–Crippen LogP) is 0.509. The summed E-state index contributed by atoms with van der Waals surface area (Å²) in [5.41, 5.74) is 0.720. The van der Waals surface area contributed by atoms with E-state index in [9.17, 15) is 21.6 Å². The molecule has 2 aliphatic rings. The molecule has 0 saturated carbocycles. The van der Waals surface area contributed by atoms with Crippen molar-refractivity contribution in [3.8, 4) is 0 Å². The molecule has 31 heavy (non-hydrogen) atoms. The molecule has 0 unspecified atom stereocenters. The molecule has 2 fully saturated rings. The summed E-state index contributed by atoms with van der Waals surface area (Å²) in [6, 6.07) is 6.41. The number of rotatable bonds is 7. The largest absolute Gasteiger partial charge is 0.379 e. The quantitative estimate of drug-likeness (QED) is 0.580. The average molecular weight is 472 g/mol. The fourth-order valence-corrected chi connectivity index (χ4v) is 5.89. The Morgan fingerprint density at radius 2 is 1.65 bits per heavy atom. The Morgan fingerprint density at radius 3 is 2.23 bits per heavy atom. The maximum Gasteiger partial charge on any atom is 0.244 e. The van der Waals surface area contributed by atoms with Crippen LogP contribution in [0.5, 0.6) is 0 Å². The summed E-state index contributed by atoms with van der Waals surface area (Å²) in [4.78, 5) is 12.3. The first-order valence-electron chi connectivity index (χ1n) is 10.3. The van der Waals surface area contributed by atoms with E-state index in [1.807, 2.05) is 0 Å². The minimum absolute atomic E-state index is 0.219. The molecular formula is C20H29N3O6S2. The van der Waals surface area contributed by atoms with Gasteiger partial charge in [0.1, 0.15) is 0 Å². The highest BCUT2D eigenvalue weighted by Gasteiger charge is 2.26. The van der Waals surface area contributed by atoms with Crippen molar-refractivity contribution in [2.24, 2.45) is 5.92 Å². The molecule has 0 spiro atoms. The number of ether oxygens (including phenoxy) is 1. The third-order valence-electron chi connectivity index (χ3n) is 5.52. The fraction of sp³-hybridized carbons (Fsp3) is 0.550. The molecule has 3 rings (SSSR count). The molecule has 9 nitrogen and oxygen atoms in total. The van der Waals surface area contributed by atoms with Gasteiger partial charge < -0.3 is 10.1 Å². The second-order valence-corrected chi connectivity index (χ2v) is 11.7. The lowest BCUT2D eigenvalue weighted by molar-refractivity contribution is -0.116. The van der Waals surface area contributed by atoms with Crippen LogP contribution in [0.2, 0.25) is 0 Å². The zero-order valence-electron chi connectivity index (χ0n) is 17.6. The number of carbonyl (C=O) groups excluding carboxylic acids is 1. The molecule has 1 N–H and O–H groups in total. The monoisotopic (exact) mass is 471 g/mol. The molecule has 1 aromatic rings. The van der Waals surface area contributed by atoms with E-state index in [4.69, 9.17) is 4.74 Å². The average Bonchev–Trinajstić information content (AvgIpc) is 2.77. The lowest BCUT2D eigenvalue weighted by atomic mass is 9.98. The highest BCUT2D eigenvalue weighted by Crippen LogP contribution is 2.19. The number of hydrogen-bond donors (Lipinski definition) is 1. The number of hydrogen-bond acceptors (Lipinski definition) is 6. The minimum atomic E-state index is -3.54. The summed E-state index contributed by atoms with van der Waals surface area (Å²) in [5.74, 6) is 0.00980. The summed E-state index contributed by atoms with van der Waals surface area (Å²) in [6.07, 6.45) is 5.70. The van der Waals surface area contributed by atoms with E-state index in [-0.39, 0.29) is 16.7 Å². The van der Waals surface area contributed by atoms with Gasteiger partial charge in [0.15, 0.2) is 0 Å². The molecule has 0 atom stereocenters. The number of morpholine rings is 1. The normalized spacial score (nSPS) is 20.2.